The smallest absolute Gasteiger partial charge is 0.251 e. The molecule has 0 radical (unpaired) electrons. The van der Waals surface area contributed by atoms with Gasteiger partial charge in [-0.3, -0.25) is 9.59 Å². The van der Waals surface area contributed by atoms with Gasteiger partial charge in [0.2, 0.25) is 5.91 Å². The number of rotatable bonds is 8. The lowest BCUT2D eigenvalue weighted by atomic mass is 9.90. The Morgan fingerprint density at radius 1 is 1.19 bits per heavy atom. The van der Waals surface area contributed by atoms with Gasteiger partial charge in [0, 0.05) is 30.1 Å². The maximum atomic E-state index is 12.5. The molecule has 2 amide bonds. The fraction of sp³-hybridized carbons (Fsp3) is 0.619. The van der Waals surface area contributed by atoms with E-state index in [0.717, 1.165) is 37.7 Å². The third kappa shape index (κ3) is 5.84. The fourth-order valence-electron chi connectivity index (χ4n) is 3.73. The number of carbonyl (C=O) groups is 2. The Hall–Kier alpha value is -1.88. The molecule has 1 fully saturated rings. The third-order valence-electron chi connectivity index (χ3n) is 5.13. The van der Waals surface area contributed by atoms with Gasteiger partial charge in [0.05, 0.1) is 0 Å². The van der Waals surface area contributed by atoms with Crippen molar-refractivity contribution in [3.63, 3.8) is 0 Å². The molecule has 1 aromatic carbocycles. The van der Waals surface area contributed by atoms with Crippen LogP contribution in [0.3, 0.4) is 0 Å². The number of benzene rings is 1. The predicted octanol–water partition coefficient (Wildman–Crippen LogP) is 2.99. The van der Waals surface area contributed by atoms with Crippen LogP contribution in [-0.2, 0) is 11.3 Å². The summed E-state index contributed by atoms with van der Waals surface area (Å²) in [5.41, 5.74) is 7.07. The van der Waals surface area contributed by atoms with Crippen molar-refractivity contribution in [2.24, 2.45) is 17.6 Å². The van der Waals surface area contributed by atoms with Gasteiger partial charge in [-0.2, -0.15) is 0 Å². The molecule has 144 valence electrons. The zero-order chi connectivity index (χ0) is 19.2. The Labute approximate surface area is 157 Å². The van der Waals surface area contributed by atoms with Crippen molar-refractivity contribution in [1.82, 2.24) is 10.6 Å². The van der Waals surface area contributed by atoms with Crippen LogP contribution >= 0.6 is 0 Å². The van der Waals surface area contributed by atoms with Crippen LogP contribution in [-0.4, -0.2) is 23.9 Å². The van der Waals surface area contributed by atoms with E-state index in [-0.39, 0.29) is 17.7 Å². The van der Waals surface area contributed by atoms with E-state index in [1.165, 1.54) is 0 Å². The molecule has 0 heterocycles. The number of hydrogen-bond donors (Lipinski definition) is 3. The zero-order valence-corrected chi connectivity index (χ0v) is 16.3. The fourth-order valence-corrected chi connectivity index (χ4v) is 3.73. The first-order valence-electron chi connectivity index (χ1n) is 9.72. The van der Waals surface area contributed by atoms with E-state index < -0.39 is 5.54 Å². The van der Waals surface area contributed by atoms with Gasteiger partial charge in [0.25, 0.3) is 5.91 Å². The second-order valence-corrected chi connectivity index (χ2v) is 8.21. The Morgan fingerprint density at radius 3 is 2.35 bits per heavy atom. The average molecular weight is 360 g/mol. The minimum atomic E-state index is -0.404. The number of amides is 2. The average Bonchev–Trinajstić information content (AvgIpc) is 3.14. The van der Waals surface area contributed by atoms with Gasteiger partial charge >= 0.3 is 0 Å². The summed E-state index contributed by atoms with van der Waals surface area (Å²) in [4.78, 5) is 24.6. The molecule has 0 spiro atoms. The van der Waals surface area contributed by atoms with Gasteiger partial charge in [-0.1, -0.05) is 38.8 Å². The first-order valence-corrected chi connectivity index (χ1v) is 9.72. The minimum Gasteiger partial charge on any atom is -0.352 e. The van der Waals surface area contributed by atoms with Crippen LogP contribution < -0.4 is 16.4 Å². The van der Waals surface area contributed by atoms with Gasteiger partial charge in [-0.15, -0.1) is 0 Å². The van der Waals surface area contributed by atoms with E-state index in [1.807, 2.05) is 19.1 Å². The molecule has 5 nitrogen and oxygen atoms in total. The first kappa shape index (κ1) is 20.4. The van der Waals surface area contributed by atoms with Crippen molar-refractivity contribution in [2.75, 3.05) is 6.54 Å². The van der Waals surface area contributed by atoms with Crippen molar-refractivity contribution >= 4 is 11.8 Å². The monoisotopic (exact) mass is 359 g/mol. The molecule has 5 heteroatoms. The SMILES string of the molecule is CC(C)CC(C)(CN)NC(=O)c1ccc(CNC(=O)C2CCCC2)cc1. The molecule has 4 N–H and O–H groups in total. The highest BCUT2D eigenvalue weighted by Gasteiger charge is 2.26. The van der Waals surface area contributed by atoms with Gasteiger partial charge in [0.15, 0.2) is 0 Å². The summed E-state index contributed by atoms with van der Waals surface area (Å²) >= 11 is 0. The van der Waals surface area contributed by atoms with E-state index in [1.54, 1.807) is 12.1 Å². The molecule has 0 aliphatic heterocycles. The Morgan fingerprint density at radius 2 is 1.81 bits per heavy atom. The maximum Gasteiger partial charge on any atom is 0.251 e. The normalized spacial score (nSPS) is 17.1. The molecule has 1 atom stereocenters. The molecule has 0 bridgehead atoms. The molecule has 26 heavy (non-hydrogen) atoms. The van der Waals surface area contributed by atoms with E-state index >= 15 is 0 Å². The van der Waals surface area contributed by atoms with Crippen molar-refractivity contribution in [3.8, 4) is 0 Å². The third-order valence-corrected chi connectivity index (χ3v) is 5.13. The quantitative estimate of drug-likeness (QED) is 0.667. The molecule has 1 saturated carbocycles. The van der Waals surface area contributed by atoms with E-state index in [2.05, 4.69) is 24.5 Å². The highest BCUT2D eigenvalue weighted by molar-refractivity contribution is 5.94. The van der Waals surface area contributed by atoms with Crippen LogP contribution in [0.4, 0.5) is 0 Å². The molecule has 0 saturated heterocycles. The van der Waals surface area contributed by atoms with Gasteiger partial charge < -0.3 is 16.4 Å². The van der Waals surface area contributed by atoms with Gasteiger partial charge in [0.1, 0.15) is 0 Å². The lowest BCUT2D eigenvalue weighted by molar-refractivity contribution is -0.124. The standard InChI is InChI=1S/C21H33N3O2/c1-15(2)12-21(3,14-22)24-20(26)18-10-8-16(9-11-18)13-23-19(25)17-6-4-5-7-17/h8-11,15,17H,4-7,12-14,22H2,1-3H3,(H,23,25)(H,24,26). The number of nitrogens with one attached hydrogen (secondary N) is 2. The Kier molecular flexibility index (Phi) is 7.21. The summed E-state index contributed by atoms with van der Waals surface area (Å²) in [6.07, 6.45) is 5.14. The second kappa shape index (κ2) is 9.17. The highest BCUT2D eigenvalue weighted by atomic mass is 16.2. The molecule has 1 aliphatic carbocycles. The van der Waals surface area contributed by atoms with Gasteiger partial charge in [-0.25, -0.2) is 0 Å². The summed E-state index contributed by atoms with van der Waals surface area (Å²) < 4.78 is 0. The molecular weight excluding hydrogens is 326 g/mol. The molecule has 1 unspecified atom stereocenters. The Bertz CT molecular complexity index is 606. The van der Waals surface area contributed by atoms with Crippen LogP contribution in [0.25, 0.3) is 0 Å². The van der Waals surface area contributed by atoms with Crippen molar-refractivity contribution < 1.29 is 9.59 Å². The summed E-state index contributed by atoms with van der Waals surface area (Å²) in [5, 5.41) is 6.07. The number of nitrogens with two attached hydrogens (primary N) is 1. The molecule has 1 aliphatic rings. The summed E-state index contributed by atoms with van der Waals surface area (Å²) in [6, 6.07) is 7.40. The number of hydrogen-bond acceptors (Lipinski definition) is 3. The highest BCUT2D eigenvalue weighted by Crippen LogP contribution is 2.24. The topological polar surface area (TPSA) is 84.2 Å². The lowest BCUT2D eigenvalue weighted by Crippen LogP contribution is -2.52. The van der Waals surface area contributed by atoms with Crippen LogP contribution in [0.5, 0.6) is 0 Å². The molecule has 0 aromatic heterocycles. The summed E-state index contributed by atoms with van der Waals surface area (Å²) in [6.45, 7) is 7.13. The van der Waals surface area contributed by atoms with Crippen LogP contribution in [0.2, 0.25) is 0 Å². The maximum absolute atomic E-state index is 12.5. The second-order valence-electron chi connectivity index (χ2n) is 8.21. The summed E-state index contributed by atoms with van der Waals surface area (Å²) in [7, 11) is 0. The van der Waals surface area contributed by atoms with E-state index in [4.69, 9.17) is 5.73 Å². The molecule has 1 aromatic rings. The first-order chi connectivity index (χ1) is 12.3. The lowest BCUT2D eigenvalue weighted by Gasteiger charge is -2.31. The van der Waals surface area contributed by atoms with Crippen LogP contribution in [0.1, 0.15) is 68.8 Å². The van der Waals surface area contributed by atoms with Crippen molar-refractivity contribution in [2.45, 2.75) is 65.0 Å². The van der Waals surface area contributed by atoms with Crippen LogP contribution in [0.15, 0.2) is 24.3 Å². The van der Waals surface area contributed by atoms with Crippen LogP contribution in [0, 0.1) is 11.8 Å². The minimum absolute atomic E-state index is 0.111. The Balaban J connectivity index is 1.89. The van der Waals surface area contributed by atoms with E-state index in [9.17, 15) is 9.59 Å². The molecule has 2 rings (SSSR count). The predicted molar refractivity (Wildman–Crippen MR) is 105 cm³/mol. The van der Waals surface area contributed by atoms with Crippen molar-refractivity contribution in [1.29, 1.82) is 0 Å². The van der Waals surface area contributed by atoms with Gasteiger partial charge in [-0.05, 0) is 49.8 Å². The zero-order valence-electron chi connectivity index (χ0n) is 16.3. The molecular formula is C21H33N3O2. The van der Waals surface area contributed by atoms with E-state index in [0.29, 0.717) is 24.6 Å². The van der Waals surface area contributed by atoms with Crippen molar-refractivity contribution in [3.05, 3.63) is 35.4 Å². The summed E-state index contributed by atoms with van der Waals surface area (Å²) in [5.74, 6) is 0.668. The largest absolute Gasteiger partial charge is 0.352 e. The number of carbonyl (C=O) groups excluding carboxylic acids is 2.